The average molecular weight is 630 g/mol. The summed E-state index contributed by atoms with van der Waals surface area (Å²) < 4.78 is 30.5. The van der Waals surface area contributed by atoms with Crippen molar-refractivity contribution in [2.45, 2.75) is 37.5 Å². The van der Waals surface area contributed by atoms with E-state index in [-0.39, 0.29) is 31.8 Å². The molecule has 1 saturated heterocycles. The molecule has 1 aliphatic carbocycles. The van der Waals surface area contributed by atoms with E-state index in [1.807, 2.05) is 6.92 Å². The van der Waals surface area contributed by atoms with Crippen LogP contribution in [0.25, 0.3) is 0 Å². The van der Waals surface area contributed by atoms with E-state index in [4.69, 9.17) is 27.4 Å². The predicted molar refractivity (Wildman–Crippen MR) is 155 cm³/mol. The van der Waals surface area contributed by atoms with Gasteiger partial charge in [-0.05, 0) is 74.4 Å². The molecule has 3 amide bonds. The molecule has 0 spiro atoms. The van der Waals surface area contributed by atoms with Crippen LogP contribution in [-0.4, -0.2) is 48.5 Å². The first kappa shape index (κ1) is 29.8. The van der Waals surface area contributed by atoms with Crippen LogP contribution in [0.5, 0.6) is 5.75 Å². The highest BCUT2D eigenvalue weighted by Crippen LogP contribution is 2.39. The molecule has 42 heavy (non-hydrogen) atoms. The van der Waals surface area contributed by atoms with Crippen LogP contribution in [0.2, 0.25) is 10.0 Å². The molecule has 2 atom stereocenters. The molecule has 0 radical (unpaired) electrons. The topological polar surface area (TPSA) is 118 Å². The van der Waals surface area contributed by atoms with E-state index in [0.717, 1.165) is 28.4 Å². The normalized spacial score (nSPS) is 18.5. The zero-order valence-electron chi connectivity index (χ0n) is 22.5. The van der Waals surface area contributed by atoms with Gasteiger partial charge < -0.3 is 4.18 Å². The van der Waals surface area contributed by atoms with Crippen molar-refractivity contribution in [3.05, 3.63) is 93.5 Å². The number of halogens is 2. The minimum absolute atomic E-state index is 0.00209. The summed E-state index contributed by atoms with van der Waals surface area (Å²) in [7, 11) is -4.11. The summed E-state index contributed by atoms with van der Waals surface area (Å²) in [6.45, 7) is 1.19. The summed E-state index contributed by atoms with van der Waals surface area (Å²) in [5.74, 6) is -3.59. The van der Waals surface area contributed by atoms with Crippen LogP contribution in [-0.2, 0) is 19.7 Å². The lowest BCUT2D eigenvalue weighted by Crippen LogP contribution is -2.52. The first-order valence-electron chi connectivity index (χ1n) is 13.3. The van der Waals surface area contributed by atoms with E-state index >= 15 is 0 Å². The van der Waals surface area contributed by atoms with Crippen molar-refractivity contribution in [2.75, 3.05) is 6.54 Å². The lowest BCUT2D eigenvalue weighted by atomic mass is 9.81. The predicted octanol–water partition coefficient (Wildman–Crippen LogP) is 5.48. The molecule has 0 aromatic heterocycles. The van der Waals surface area contributed by atoms with E-state index in [1.54, 1.807) is 12.1 Å². The molecule has 0 N–H and O–H groups in total. The molecule has 0 unspecified atom stereocenters. The van der Waals surface area contributed by atoms with Crippen LogP contribution in [0.1, 0.15) is 52.0 Å². The van der Waals surface area contributed by atoms with Crippen molar-refractivity contribution in [2.24, 2.45) is 11.8 Å². The number of aryl methyl sites for hydroxylation is 1. The number of fused-ring (bicyclic) bond motifs is 1. The number of carbonyl (C=O) groups excluding carboxylic acids is 4. The second kappa shape index (κ2) is 11.9. The molecule has 12 heteroatoms. The number of carbonyl (C=O) groups is 4. The highest BCUT2D eigenvalue weighted by atomic mass is 35.5. The van der Waals surface area contributed by atoms with Crippen LogP contribution >= 0.6 is 23.2 Å². The monoisotopic (exact) mass is 628 g/mol. The Morgan fingerprint density at radius 3 is 2.07 bits per heavy atom. The number of amides is 3. The third-order valence-electron chi connectivity index (χ3n) is 7.44. The van der Waals surface area contributed by atoms with Crippen molar-refractivity contribution in [1.29, 1.82) is 0 Å². The maximum Gasteiger partial charge on any atom is 0.339 e. The van der Waals surface area contributed by atoms with Crippen molar-refractivity contribution >= 4 is 56.8 Å². The molecule has 1 aliphatic heterocycles. The smallest absolute Gasteiger partial charge is 0.339 e. The molecule has 1 heterocycles. The van der Waals surface area contributed by atoms with Gasteiger partial charge in [0.25, 0.3) is 17.7 Å². The molecule has 9 nitrogen and oxygen atoms in total. The Balaban J connectivity index is 1.40. The highest BCUT2D eigenvalue weighted by molar-refractivity contribution is 7.87. The number of hydrazine groups is 1. The number of nitrogens with zero attached hydrogens (tertiary/aromatic N) is 2. The van der Waals surface area contributed by atoms with Gasteiger partial charge in [-0.3, -0.25) is 19.2 Å². The molecule has 2 aliphatic rings. The van der Waals surface area contributed by atoms with Gasteiger partial charge in [0.05, 0.1) is 22.4 Å². The van der Waals surface area contributed by atoms with E-state index in [1.165, 1.54) is 54.6 Å². The first-order chi connectivity index (χ1) is 20.0. The third kappa shape index (κ3) is 5.92. The number of rotatable bonds is 8. The van der Waals surface area contributed by atoms with E-state index in [0.29, 0.717) is 12.8 Å². The molecule has 5 rings (SSSR count). The Kier molecular flexibility index (Phi) is 8.41. The summed E-state index contributed by atoms with van der Waals surface area (Å²) in [6.07, 6.45) is 2.63. The summed E-state index contributed by atoms with van der Waals surface area (Å²) in [4.78, 5) is 53.8. The number of imide groups is 1. The van der Waals surface area contributed by atoms with Gasteiger partial charge in [0.2, 0.25) is 0 Å². The van der Waals surface area contributed by atoms with E-state index < -0.39 is 52.0 Å². The van der Waals surface area contributed by atoms with Gasteiger partial charge in [0.1, 0.15) is 17.2 Å². The second-order valence-electron chi connectivity index (χ2n) is 10.3. The minimum atomic E-state index is -4.11. The zero-order chi connectivity index (χ0) is 30.2. The van der Waals surface area contributed by atoms with Crippen LogP contribution < -0.4 is 4.18 Å². The van der Waals surface area contributed by atoms with Gasteiger partial charge in [-0.25, -0.2) is 5.01 Å². The number of ketones is 1. The fourth-order valence-corrected chi connectivity index (χ4v) is 6.64. The van der Waals surface area contributed by atoms with Crippen molar-refractivity contribution < 1.29 is 31.8 Å². The SMILES string of the molecule is Cc1ccc(S(=O)(=O)Oc2ccc(C(=O)CN(C(=O)c3ccc(Cl)cc3Cl)N3C(=O)[C@@H]4CCCC[C@H]4C3=O)cc2)cc1. The Hall–Kier alpha value is -3.73. The summed E-state index contributed by atoms with van der Waals surface area (Å²) in [6, 6.07) is 15.6. The van der Waals surface area contributed by atoms with Gasteiger partial charge in [-0.1, -0.05) is 53.7 Å². The molecule has 218 valence electrons. The lowest BCUT2D eigenvalue weighted by Gasteiger charge is -2.30. The summed E-state index contributed by atoms with van der Waals surface area (Å²) in [5, 5.41) is 1.91. The Morgan fingerprint density at radius 2 is 1.50 bits per heavy atom. The fraction of sp³-hybridized carbons (Fsp3) is 0.267. The van der Waals surface area contributed by atoms with Crippen LogP contribution in [0.15, 0.2) is 71.6 Å². The molecule has 3 aromatic carbocycles. The zero-order valence-corrected chi connectivity index (χ0v) is 24.8. The number of Topliss-reactive ketones (excluding diaryl/α,β-unsaturated/α-hetero) is 1. The Bertz CT molecular complexity index is 1650. The summed E-state index contributed by atoms with van der Waals surface area (Å²) >= 11 is 12.3. The molecular weight excluding hydrogens is 603 g/mol. The van der Waals surface area contributed by atoms with Gasteiger partial charge in [0.15, 0.2) is 5.78 Å². The van der Waals surface area contributed by atoms with Crippen molar-refractivity contribution in [1.82, 2.24) is 10.0 Å². The van der Waals surface area contributed by atoms with Gasteiger partial charge in [0, 0.05) is 10.6 Å². The number of benzene rings is 3. The molecule has 1 saturated carbocycles. The second-order valence-corrected chi connectivity index (χ2v) is 12.7. The minimum Gasteiger partial charge on any atom is -0.379 e. The molecule has 3 aromatic rings. The van der Waals surface area contributed by atoms with Gasteiger partial charge in [-0.15, -0.1) is 0 Å². The van der Waals surface area contributed by atoms with E-state index in [2.05, 4.69) is 0 Å². The van der Waals surface area contributed by atoms with Gasteiger partial charge >= 0.3 is 10.1 Å². The number of hydrogen-bond donors (Lipinski definition) is 0. The Morgan fingerprint density at radius 1 is 0.905 bits per heavy atom. The molecular formula is C30H26Cl2N2O7S. The lowest BCUT2D eigenvalue weighted by molar-refractivity contribution is -0.154. The van der Waals surface area contributed by atoms with Gasteiger partial charge in [-0.2, -0.15) is 13.4 Å². The van der Waals surface area contributed by atoms with Crippen LogP contribution in [0.4, 0.5) is 0 Å². The Labute approximate surface area is 253 Å². The molecule has 2 fully saturated rings. The first-order valence-corrected chi connectivity index (χ1v) is 15.4. The van der Waals surface area contributed by atoms with Crippen molar-refractivity contribution in [3.63, 3.8) is 0 Å². The number of hydrogen-bond acceptors (Lipinski definition) is 7. The van der Waals surface area contributed by atoms with E-state index in [9.17, 15) is 27.6 Å². The fourth-order valence-electron chi connectivity index (χ4n) is 5.22. The van der Waals surface area contributed by atoms with Crippen molar-refractivity contribution in [3.8, 4) is 5.75 Å². The van der Waals surface area contributed by atoms with Crippen LogP contribution in [0.3, 0.4) is 0 Å². The quantitative estimate of drug-likeness (QED) is 0.184. The standard InChI is InChI=1S/C30H26Cl2N2O7S/c1-18-6-13-22(14-7-18)42(39,40)41-21-11-8-19(9-12-21)27(35)17-33(28(36)25-15-10-20(31)16-26(25)32)34-29(37)23-4-2-3-5-24(23)30(34)38/h6-16,23-24H,2-5,17H2,1H3/t23-,24-/m1/s1. The molecule has 0 bridgehead atoms. The largest absolute Gasteiger partial charge is 0.379 e. The third-order valence-corrected chi connectivity index (χ3v) is 9.25. The summed E-state index contributed by atoms with van der Waals surface area (Å²) in [5.41, 5.74) is 0.958. The maximum atomic E-state index is 13.7. The average Bonchev–Trinajstić information content (AvgIpc) is 3.21. The highest BCUT2D eigenvalue weighted by Gasteiger charge is 2.52. The maximum absolute atomic E-state index is 13.7. The van der Waals surface area contributed by atoms with Crippen LogP contribution in [0, 0.1) is 18.8 Å².